The minimum Gasteiger partial charge on any atom is -0.321 e. The van der Waals surface area contributed by atoms with Gasteiger partial charge in [-0.3, -0.25) is 9.78 Å². The molecule has 2 heterocycles. The molecule has 126 valence electrons. The summed E-state index contributed by atoms with van der Waals surface area (Å²) in [5.41, 5.74) is 4.86. The highest BCUT2D eigenvalue weighted by Gasteiger charge is 2.14. The van der Waals surface area contributed by atoms with Gasteiger partial charge < -0.3 is 4.98 Å². The van der Waals surface area contributed by atoms with Gasteiger partial charge in [0.25, 0.3) is 5.56 Å². The molecule has 0 aliphatic rings. The van der Waals surface area contributed by atoms with Crippen molar-refractivity contribution < 1.29 is 0 Å². The Labute approximate surface area is 156 Å². The third-order valence-corrected chi connectivity index (χ3v) is 4.49. The van der Waals surface area contributed by atoms with Gasteiger partial charge in [0, 0.05) is 23.1 Å². The summed E-state index contributed by atoms with van der Waals surface area (Å²) >= 11 is 5.98. The van der Waals surface area contributed by atoms with E-state index < -0.39 is 0 Å². The first-order valence-electron chi connectivity index (χ1n) is 8.21. The highest BCUT2D eigenvalue weighted by molar-refractivity contribution is 6.30. The summed E-state index contributed by atoms with van der Waals surface area (Å²) in [6, 6.07) is 22.9. The van der Waals surface area contributed by atoms with Crippen molar-refractivity contribution in [3.05, 3.63) is 101 Å². The van der Waals surface area contributed by atoms with E-state index in [2.05, 4.69) is 9.97 Å². The van der Waals surface area contributed by atoms with Crippen molar-refractivity contribution in [3.8, 4) is 33.5 Å². The summed E-state index contributed by atoms with van der Waals surface area (Å²) < 4.78 is 0. The topological polar surface area (TPSA) is 45.8 Å². The van der Waals surface area contributed by atoms with E-state index in [-0.39, 0.29) is 5.56 Å². The van der Waals surface area contributed by atoms with E-state index in [0.717, 1.165) is 27.9 Å². The van der Waals surface area contributed by atoms with Gasteiger partial charge in [-0.1, -0.05) is 54.1 Å². The average Bonchev–Trinajstić information content (AvgIpc) is 2.69. The molecule has 0 aliphatic heterocycles. The van der Waals surface area contributed by atoms with Gasteiger partial charge in [0.05, 0.1) is 5.56 Å². The van der Waals surface area contributed by atoms with Crippen molar-refractivity contribution in [2.45, 2.75) is 0 Å². The fourth-order valence-electron chi connectivity index (χ4n) is 3.00. The molecule has 0 fully saturated rings. The molecule has 2 aromatic carbocycles. The molecule has 0 saturated carbocycles. The summed E-state index contributed by atoms with van der Waals surface area (Å²) in [4.78, 5) is 20.1. The van der Waals surface area contributed by atoms with Gasteiger partial charge in [-0.2, -0.15) is 0 Å². The normalized spacial score (nSPS) is 10.7. The average molecular weight is 359 g/mol. The van der Waals surface area contributed by atoms with Crippen molar-refractivity contribution in [1.29, 1.82) is 0 Å². The number of aromatic nitrogens is 2. The first-order chi connectivity index (χ1) is 12.7. The molecule has 0 radical (unpaired) electrons. The zero-order valence-electron chi connectivity index (χ0n) is 13.8. The maximum absolute atomic E-state index is 13.0. The van der Waals surface area contributed by atoms with Crippen LogP contribution in [0.1, 0.15) is 0 Å². The fraction of sp³-hybridized carbons (Fsp3) is 0. The first-order valence-corrected chi connectivity index (χ1v) is 8.59. The molecule has 0 atom stereocenters. The van der Waals surface area contributed by atoms with Crippen LogP contribution in [-0.4, -0.2) is 9.97 Å². The van der Waals surface area contributed by atoms with Crippen LogP contribution in [0, 0.1) is 0 Å². The molecular weight excluding hydrogens is 344 g/mol. The number of pyridine rings is 2. The SMILES string of the molecule is O=c1[nH]c(-c2ccc(Cl)cc2)cc(-c2ccncc2)c1-c1ccccc1. The molecule has 4 heteroatoms. The van der Waals surface area contributed by atoms with Gasteiger partial charge >= 0.3 is 0 Å². The number of rotatable bonds is 3. The van der Waals surface area contributed by atoms with Gasteiger partial charge in [0.2, 0.25) is 0 Å². The highest BCUT2D eigenvalue weighted by Crippen LogP contribution is 2.32. The van der Waals surface area contributed by atoms with E-state index in [0.29, 0.717) is 10.6 Å². The molecule has 2 aromatic heterocycles. The molecule has 4 aromatic rings. The zero-order valence-corrected chi connectivity index (χ0v) is 14.6. The molecule has 26 heavy (non-hydrogen) atoms. The van der Waals surface area contributed by atoms with Crippen molar-refractivity contribution in [2.75, 3.05) is 0 Å². The Hall–Kier alpha value is -3.17. The van der Waals surface area contributed by atoms with E-state index in [9.17, 15) is 4.79 Å². The monoisotopic (exact) mass is 358 g/mol. The van der Waals surface area contributed by atoms with E-state index in [1.54, 1.807) is 12.4 Å². The molecular formula is C22H15ClN2O. The smallest absolute Gasteiger partial charge is 0.256 e. The van der Waals surface area contributed by atoms with E-state index >= 15 is 0 Å². The molecule has 1 N–H and O–H groups in total. The lowest BCUT2D eigenvalue weighted by molar-refractivity contribution is 1.24. The van der Waals surface area contributed by atoms with Crippen LogP contribution in [0.5, 0.6) is 0 Å². The minimum atomic E-state index is -0.129. The van der Waals surface area contributed by atoms with Gasteiger partial charge in [-0.25, -0.2) is 0 Å². The van der Waals surface area contributed by atoms with Crippen LogP contribution in [0.4, 0.5) is 0 Å². The van der Waals surface area contributed by atoms with Crippen LogP contribution in [0.15, 0.2) is 90.0 Å². The van der Waals surface area contributed by atoms with Crippen LogP contribution in [-0.2, 0) is 0 Å². The Morgan fingerprint density at radius 1 is 0.769 bits per heavy atom. The van der Waals surface area contributed by atoms with Crippen molar-refractivity contribution in [3.63, 3.8) is 0 Å². The Morgan fingerprint density at radius 2 is 1.46 bits per heavy atom. The standard InChI is InChI=1S/C22H15ClN2O/c23-18-8-6-16(7-9-18)20-14-19(15-10-12-24-13-11-15)21(22(26)25-20)17-4-2-1-3-5-17/h1-14H,(H,25,26). The van der Waals surface area contributed by atoms with Crippen LogP contribution >= 0.6 is 11.6 Å². The number of benzene rings is 2. The van der Waals surface area contributed by atoms with Crippen LogP contribution < -0.4 is 5.56 Å². The minimum absolute atomic E-state index is 0.129. The summed E-state index contributed by atoms with van der Waals surface area (Å²) in [6.07, 6.45) is 3.46. The predicted octanol–water partition coefficient (Wildman–Crippen LogP) is 5.42. The fourth-order valence-corrected chi connectivity index (χ4v) is 3.12. The number of nitrogens with zero attached hydrogens (tertiary/aromatic N) is 1. The lowest BCUT2D eigenvalue weighted by Crippen LogP contribution is -2.11. The zero-order chi connectivity index (χ0) is 17.9. The second-order valence-electron chi connectivity index (χ2n) is 5.91. The lowest BCUT2D eigenvalue weighted by Gasteiger charge is -2.12. The number of hydrogen-bond donors (Lipinski definition) is 1. The van der Waals surface area contributed by atoms with Crippen LogP contribution in [0.3, 0.4) is 0 Å². The highest BCUT2D eigenvalue weighted by atomic mass is 35.5. The lowest BCUT2D eigenvalue weighted by atomic mass is 9.95. The first kappa shape index (κ1) is 16.3. The molecule has 0 amide bonds. The van der Waals surface area contributed by atoms with Crippen molar-refractivity contribution in [2.24, 2.45) is 0 Å². The maximum atomic E-state index is 13.0. The number of halogens is 1. The van der Waals surface area contributed by atoms with Crippen LogP contribution in [0.25, 0.3) is 33.5 Å². The van der Waals surface area contributed by atoms with Crippen LogP contribution in [0.2, 0.25) is 5.02 Å². The van der Waals surface area contributed by atoms with E-state index in [1.807, 2.05) is 72.8 Å². The van der Waals surface area contributed by atoms with Gasteiger partial charge in [0.15, 0.2) is 0 Å². The number of aromatic amines is 1. The quantitative estimate of drug-likeness (QED) is 0.531. The summed E-state index contributed by atoms with van der Waals surface area (Å²) in [7, 11) is 0. The molecule has 0 spiro atoms. The summed E-state index contributed by atoms with van der Waals surface area (Å²) in [5.74, 6) is 0. The second kappa shape index (κ2) is 6.98. The Morgan fingerprint density at radius 3 is 2.15 bits per heavy atom. The van der Waals surface area contributed by atoms with Gasteiger partial charge in [-0.05, 0) is 52.6 Å². The number of H-pyrrole nitrogens is 1. The Bertz CT molecular complexity index is 1090. The maximum Gasteiger partial charge on any atom is 0.256 e. The largest absolute Gasteiger partial charge is 0.321 e. The van der Waals surface area contributed by atoms with Crippen molar-refractivity contribution in [1.82, 2.24) is 9.97 Å². The molecule has 3 nitrogen and oxygen atoms in total. The van der Waals surface area contributed by atoms with Crippen molar-refractivity contribution >= 4 is 11.6 Å². The number of nitrogens with one attached hydrogen (secondary N) is 1. The predicted molar refractivity (Wildman–Crippen MR) is 106 cm³/mol. The third-order valence-electron chi connectivity index (χ3n) is 4.24. The second-order valence-corrected chi connectivity index (χ2v) is 6.35. The summed E-state index contributed by atoms with van der Waals surface area (Å²) in [5, 5.41) is 0.659. The van der Waals surface area contributed by atoms with Gasteiger partial charge in [0.1, 0.15) is 0 Å². The Balaban J connectivity index is 1.98. The molecule has 0 bridgehead atoms. The van der Waals surface area contributed by atoms with Gasteiger partial charge in [-0.15, -0.1) is 0 Å². The van der Waals surface area contributed by atoms with E-state index in [1.165, 1.54) is 0 Å². The molecule has 0 saturated heterocycles. The Kier molecular flexibility index (Phi) is 4.38. The summed E-state index contributed by atoms with van der Waals surface area (Å²) in [6.45, 7) is 0. The van der Waals surface area contributed by atoms with E-state index in [4.69, 9.17) is 11.6 Å². The molecule has 4 rings (SSSR count). The molecule has 0 aliphatic carbocycles. The number of hydrogen-bond acceptors (Lipinski definition) is 2. The molecule has 0 unspecified atom stereocenters. The third kappa shape index (κ3) is 3.17.